The highest BCUT2D eigenvalue weighted by molar-refractivity contribution is 5.80. The molecular weight excluding hydrogens is 338 g/mol. The molecule has 27 heavy (non-hydrogen) atoms. The third-order valence-corrected chi connectivity index (χ3v) is 5.94. The topological polar surface area (TPSA) is 52.7 Å². The molecule has 1 N–H and O–H groups in total. The predicted octanol–water partition coefficient (Wildman–Crippen LogP) is 3.82. The minimum absolute atomic E-state index is 0.000556. The summed E-state index contributed by atoms with van der Waals surface area (Å²) in [6.45, 7) is 6.78. The minimum Gasteiger partial charge on any atom is -0.339 e. The number of hydrogen-bond donors (Lipinski definition) is 1. The van der Waals surface area contributed by atoms with Crippen LogP contribution in [-0.2, 0) is 4.79 Å². The number of amides is 3. The van der Waals surface area contributed by atoms with Gasteiger partial charge in [-0.05, 0) is 24.3 Å². The molecule has 1 saturated carbocycles. The van der Waals surface area contributed by atoms with Crippen molar-refractivity contribution in [3.63, 3.8) is 0 Å². The summed E-state index contributed by atoms with van der Waals surface area (Å²) in [4.78, 5) is 29.3. The van der Waals surface area contributed by atoms with E-state index in [1.165, 1.54) is 19.3 Å². The Morgan fingerprint density at radius 3 is 2.11 bits per heavy atom. The van der Waals surface area contributed by atoms with E-state index in [-0.39, 0.29) is 18.0 Å². The molecule has 5 heteroatoms. The molecule has 3 rings (SSSR count). The monoisotopic (exact) mass is 371 g/mol. The van der Waals surface area contributed by atoms with E-state index in [1.54, 1.807) is 0 Å². The number of hydrogen-bond acceptors (Lipinski definition) is 2. The average molecular weight is 372 g/mol. The first kappa shape index (κ1) is 19.7. The van der Waals surface area contributed by atoms with Gasteiger partial charge in [-0.15, -0.1) is 0 Å². The van der Waals surface area contributed by atoms with Crippen molar-refractivity contribution in [2.24, 2.45) is 11.8 Å². The van der Waals surface area contributed by atoms with Crippen LogP contribution in [-0.4, -0.2) is 47.9 Å². The lowest BCUT2D eigenvalue weighted by Crippen LogP contribution is -2.54. The molecule has 1 aliphatic carbocycles. The summed E-state index contributed by atoms with van der Waals surface area (Å²) in [6.07, 6.45) is 5.68. The van der Waals surface area contributed by atoms with Crippen LogP contribution in [0, 0.1) is 11.8 Å². The van der Waals surface area contributed by atoms with Crippen LogP contribution >= 0.6 is 0 Å². The maximum absolute atomic E-state index is 12.8. The van der Waals surface area contributed by atoms with Crippen LogP contribution in [0.5, 0.6) is 0 Å². The highest BCUT2D eigenvalue weighted by atomic mass is 16.2. The molecule has 148 valence electrons. The Morgan fingerprint density at radius 1 is 0.926 bits per heavy atom. The highest BCUT2D eigenvalue weighted by Gasteiger charge is 2.30. The molecule has 0 radical (unpaired) electrons. The summed E-state index contributed by atoms with van der Waals surface area (Å²) in [5.74, 6) is 0.826. The second-order valence-corrected chi connectivity index (χ2v) is 8.23. The number of piperazine rings is 1. The molecule has 1 saturated heterocycles. The quantitative estimate of drug-likeness (QED) is 0.875. The fourth-order valence-corrected chi connectivity index (χ4v) is 4.26. The number of rotatable bonds is 4. The number of carbonyl (C=O) groups excluding carboxylic acids is 2. The number of nitrogens with zero attached hydrogens (tertiary/aromatic N) is 2. The van der Waals surface area contributed by atoms with Gasteiger partial charge in [0, 0.05) is 32.1 Å². The molecule has 3 amide bonds. The SMILES string of the molecule is CC(C)C(NC(=O)N1CCN(C(=O)C2CCCCC2)CC1)c1ccccc1. The maximum Gasteiger partial charge on any atom is 0.318 e. The lowest BCUT2D eigenvalue weighted by molar-refractivity contribution is -0.138. The number of benzene rings is 1. The normalized spacial score (nSPS) is 19.8. The summed E-state index contributed by atoms with van der Waals surface area (Å²) < 4.78 is 0. The van der Waals surface area contributed by atoms with Gasteiger partial charge in [-0.1, -0.05) is 63.4 Å². The van der Waals surface area contributed by atoms with E-state index >= 15 is 0 Å². The van der Waals surface area contributed by atoms with Crippen LogP contribution in [0.3, 0.4) is 0 Å². The molecule has 0 spiro atoms. The van der Waals surface area contributed by atoms with Crippen LogP contribution in [0.2, 0.25) is 0 Å². The van der Waals surface area contributed by atoms with Gasteiger partial charge in [0.1, 0.15) is 0 Å². The molecule has 5 nitrogen and oxygen atoms in total. The number of carbonyl (C=O) groups is 2. The second-order valence-electron chi connectivity index (χ2n) is 8.23. The Balaban J connectivity index is 1.52. The average Bonchev–Trinajstić information content (AvgIpc) is 2.72. The van der Waals surface area contributed by atoms with Gasteiger partial charge in [0.2, 0.25) is 5.91 Å². The standard InChI is InChI=1S/C22H33N3O2/c1-17(2)20(18-9-5-3-6-10-18)23-22(27)25-15-13-24(14-16-25)21(26)19-11-7-4-8-12-19/h3,5-6,9-10,17,19-20H,4,7-8,11-16H2,1-2H3,(H,23,27). The van der Waals surface area contributed by atoms with Gasteiger partial charge < -0.3 is 15.1 Å². The van der Waals surface area contributed by atoms with Crippen LogP contribution in [0.4, 0.5) is 4.79 Å². The lowest BCUT2D eigenvalue weighted by atomic mass is 9.88. The van der Waals surface area contributed by atoms with Gasteiger partial charge in [0.15, 0.2) is 0 Å². The zero-order chi connectivity index (χ0) is 19.2. The fraction of sp³-hybridized carbons (Fsp3) is 0.636. The number of nitrogens with one attached hydrogen (secondary N) is 1. The van der Waals surface area contributed by atoms with E-state index in [0.717, 1.165) is 18.4 Å². The van der Waals surface area contributed by atoms with Crippen molar-refractivity contribution in [3.05, 3.63) is 35.9 Å². The maximum atomic E-state index is 12.8. The summed E-state index contributed by atoms with van der Waals surface area (Å²) in [5.41, 5.74) is 1.13. The molecule has 0 bridgehead atoms. The Morgan fingerprint density at radius 2 is 1.52 bits per heavy atom. The first-order valence-corrected chi connectivity index (χ1v) is 10.5. The van der Waals surface area contributed by atoms with E-state index < -0.39 is 0 Å². The van der Waals surface area contributed by atoms with E-state index in [1.807, 2.05) is 28.0 Å². The third kappa shape index (κ3) is 5.02. The van der Waals surface area contributed by atoms with E-state index in [0.29, 0.717) is 38.0 Å². The first-order valence-electron chi connectivity index (χ1n) is 10.5. The van der Waals surface area contributed by atoms with Crippen molar-refractivity contribution < 1.29 is 9.59 Å². The lowest BCUT2D eigenvalue weighted by Gasteiger charge is -2.38. The van der Waals surface area contributed by atoms with Gasteiger partial charge in [0.05, 0.1) is 6.04 Å². The Bertz CT molecular complexity index is 618. The first-order chi connectivity index (χ1) is 13.1. The van der Waals surface area contributed by atoms with Crippen molar-refractivity contribution in [2.45, 2.75) is 52.0 Å². The summed E-state index contributed by atoms with van der Waals surface area (Å²) >= 11 is 0. The Kier molecular flexibility index (Phi) is 6.75. The van der Waals surface area contributed by atoms with Crippen LogP contribution in [0.25, 0.3) is 0 Å². The molecule has 2 fully saturated rings. The molecule has 1 unspecified atom stereocenters. The molecular formula is C22H33N3O2. The molecule has 1 aromatic rings. The zero-order valence-electron chi connectivity index (χ0n) is 16.7. The van der Waals surface area contributed by atoms with Crippen molar-refractivity contribution >= 4 is 11.9 Å². The second kappa shape index (κ2) is 9.25. The smallest absolute Gasteiger partial charge is 0.318 e. The van der Waals surface area contributed by atoms with Crippen molar-refractivity contribution in [1.29, 1.82) is 0 Å². The molecule has 1 heterocycles. The largest absolute Gasteiger partial charge is 0.339 e. The summed E-state index contributed by atoms with van der Waals surface area (Å²) in [7, 11) is 0. The molecule has 2 aliphatic rings. The third-order valence-electron chi connectivity index (χ3n) is 5.94. The van der Waals surface area contributed by atoms with Crippen molar-refractivity contribution in [1.82, 2.24) is 15.1 Å². The van der Waals surface area contributed by atoms with Gasteiger partial charge in [-0.2, -0.15) is 0 Å². The van der Waals surface area contributed by atoms with Crippen LogP contribution in [0.15, 0.2) is 30.3 Å². The Hall–Kier alpha value is -2.04. The van der Waals surface area contributed by atoms with Crippen LogP contribution < -0.4 is 5.32 Å². The minimum atomic E-state index is -0.0256. The fourth-order valence-electron chi connectivity index (χ4n) is 4.26. The van der Waals surface area contributed by atoms with Gasteiger partial charge >= 0.3 is 6.03 Å². The van der Waals surface area contributed by atoms with Gasteiger partial charge in [0.25, 0.3) is 0 Å². The molecule has 1 atom stereocenters. The molecule has 1 aromatic carbocycles. The van der Waals surface area contributed by atoms with Crippen LogP contribution in [0.1, 0.15) is 57.6 Å². The molecule has 1 aliphatic heterocycles. The summed E-state index contributed by atoms with van der Waals surface area (Å²) in [6, 6.07) is 10.1. The predicted molar refractivity (Wildman–Crippen MR) is 107 cm³/mol. The Labute approximate surface area is 163 Å². The number of urea groups is 1. The molecule has 0 aromatic heterocycles. The van der Waals surface area contributed by atoms with E-state index in [2.05, 4.69) is 31.3 Å². The van der Waals surface area contributed by atoms with E-state index in [9.17, 15) is 9.59 Å². The van der Waals surface area contributed by atoms with Crippen molar-refractivity contribution in [3.8, 4) is 0 Å². The van der Waals surface area contributed by atoms with Gasteiger partial charge in [-0.25, -0.2) is 4.79 Å². The van der Waals surface area contributed by atoms with E-state index in [4.69, 9.17) is 0 Å². The van der Waals surface area contributed by atoms with Gasteiger partial charge in [-0.3, -0.25) is 4.79 Å². The summed E-state index contributed by atoms with van der Waals surface area (Å²) in [5, 5.41) is 3.19. The van der Waals surface area contributed by atoms with Crippen molar-refractivity contribution in [2.75, 3.05) is 26.2 Å². The highest BCUT2D eigenvalue weighted by Crippen LogP contribution is 2.26. The zero-order valence-corrected chi connectivity index (χ0v) is 16.7.